The molecule has 8 heteroatoms. The largest absolute Gasteiger partial charge is 0.436 e. The van der Waals surface area contributed by atoms with E-state index in [9.17, 15) is 9.59 Å². The molecule has 0 aliphatic carbocycles. The standard InChI is InChI=1S/C25H27N5O3/c1-17-4-3-5-22(16-17)33-25-23(26-12-13-27-25)30-14-10-19(11-15-30)24(32)29-21-8-6-20(7-9-21)28-18(2)31/h3-9,12-13,16,19H,10-11,14-15H2,1-2H3,(H,28,31)(H,29,32). The Kier molecular flexibility index (Phi) is 6.83. The Morgan fingerprint density at radius 1 is 0.970 bits per heavy atom. The molecule has 2 aromatic carbocycles. The van der Waals surface area contributed by atoms with Crippen molar-refractivity contribution in [3.05, 3.63) is 66.5 Å². The van der Waals surface area contributed by atoms with Crippen LogP contribution in [0.5, 0.6) is 11.6 Å². The van der Waals surface area contributed by atoms with Crippen LogP contribution in [0.4, 0.5) is 17.2 Å². The lowest BCUT2D eigenvalue weighted by atomic mass is 9.96. The van der Waals surface area contributed by atoms with Gasteiger partial charge in [-0.25, -0.2) is 9.97 Å². The van der Waals surface area contributed by atoms with Crippen molar-refractivity contribution in [3.63, 3.8) is 0 Å². The zero-order chi connectivity index (χ0) is 23.2. The van der Waals surface area contributed by atoms with Crippen molar-refractivity contribution in [1.82, 2.24) is 9.97 Å². The molecule has 1 aromatic heterocycles. The minimum Gasteiger partial charge on any atom is -0.436 e. The zero-order valence-corrected chi connectivity index (χ0v) is 18.7. The number of amides is 2. The second kappa shape index (κ2) is 10.1. The molecule has 2 heterocycles. The van der Waals surface area contributed by atoms with E-state index in [-0.39, 0.29) is 17.7 Å². The van der Waals surface area contributed by atoms with Gasteiger partial charge in [-0.2, -0.15) is 0 Å². The number of hydrogen-bond acceptors (Lipinski definition) is 6. The van der Waals surface area contributed by atoms with Crippen LogP contribution in [0, 0.1) is 12.8 Å². The van der Waals surface area contributed by atoms with E-state index in [2.05, 4.69) is 25.5 Å². The van der Waals surface area contributed by atoms with Crippen LogP contribution >= 0.6 is 0 Å². The fraction of sp³-hybridized carbons (Fsp3) is 0.280. The first kappa shape index (κ1) is 22.3. The van der Waals surface area contributed by atoms with Gasteiger partial charge in [-0.05, 0) is 61.7 Å². The highest BCUT2D eigenvalue weighted by Gasteiger charge is 2.27. The molecule has 4 rings (SSSR count). The minimum atomic E-state index is -0.130. The van der Waals surface area contributed by atoms with Crippen molar-refractivity contribution in [2.24, 2.45) is 5.92 Å². The lowest BCUT2D eigenvalue weighted by Crippen LogP contribution is -2.38. The smallest absolute Gasteiger partial charge is 0.263 e. The number of piperidine rings is 1. The van der Waals surface area contributed by atoms with Crippen LogP contribution in [0.15, 0.2) is 60.9 Å². The third kappa shape index (κ3) is 5.85. The fourth-order valence-corrected chi connectivity index (χ4v) is 3.84. The Labute approximate surface area is 193 Å². The summed E-state index contributed by atoms with van der Waals surface area (Å²) in [5.41, 5.74) is 2.51. The summed E-state index contributed by atoms with van der Waals surface area (Å²) in [6.07, 6.45) is 4.68. The first-order chi connectivity index (χ1) is 16.0. The Balaban J connectivity index is 1.35. The lowest BCUT2D eigenvalue weighted by molar-refractivity contribution is -0.120. The highest BCUT2D eigenvalue weighted by atomic mass is 16.5. The van der Waals surface area contributed by atoms with Gasteiger partial charge in [-0.3, -0.25) is 9.59 Å². The molecule has 0 spiro atoms. The van der Waals surface area contributed by atoms with Gasteiger partial charge in [-0.1, -0.05) is 12.1 Å². The van der Waals surface area contributed by atoms with Gasteiger partial charge in [0.15, 0.2) is 5.82 Å². The maximum Gasteiger partial charge on any atom is 0.263 e. The van der Waals surface area contributed by atoms with Crippen LogP contribution in [-0.2, 0) is 9.59 Å². The van der Waals surface area contributed by atoms with Gasteiger partial charge < -0.3 is 20.3 Å². The number of carbonyl (C=O) groups excluding carboxylic acids is 2. The van der Waals surface area contributed by atoms with E-state index < -0.39 is 0 Å². The number of carbonyl (C=O) groups is 2. The number of rotatable bonds is 6. The summed E-state index contributed by atoms with van der Waals surface area (Å²) in [5, 5.41) is 5.69. The third-order valence-electron chi connectivity index (χ3n) is 5.49. The van der Waals surface area contributed by atoms with Crippen molar-refractivity contribution < 1.29 is 14.3 Å². The summed E-state index contributed by atoms with van der Waals surface area (Å²) in [6, 6.07) is 14.9. The monoisotopic (exact) mass is 445 g/mol. The summed E-state index contributed by atoms with van der Waals surface area (Å²) in [7, 11) is 0. The molecule has 2 N–H and O–H groups in total. The minimum absolute atomic E-state index is 0.00249. The number of anilines is 3. The number of nitrogens with one attached hydrogen (secondary N) is 2. The molecule has 0 saturated carbocycles. The molecular weight excluding hydrogens is 418 g/mol. The summed E-state index contributed by atoms with van der Waals surface area (Å²) < 4.78 is 6.01. The van der Waals surface area contributed by atoms with Crippen LogP contribution in [-0.4, -0.2) is 34.9 Å². The SMILES string of the molecule is CC(=O)Nc1ccc(NC(=O)C2CCN(c3nccnc3Oc3cccc(C)c3)CC2)cc1. The van der Waals surface area contributed by atoms with Crippen molar-refractivity contribution in [1.29, 1.82) is 0 Å². The first-order valence-corrected chi connectivity index (χ1v) is 11.0. The third-order valence-corrected chi connectivity index (χ3v) is 5.49. The van der Waals surface area contributed by atoms with Gasteiger partial charge >= 0.3 is 0 Å². The van der Waals surface area contributed by atoms with Crippen LogP contribution in [0.3, 0.4) is 0 Å². The number of ether oxygens (including phenoxy) is 1. The molecular formula is C25H27N5O3. The molecule has 0 atom stereocenters. The molecule has 2 amide bonds. The number of aromatic nitrogens is 2. The van der Waals surface area contributed by atoms with E-state index in [0.29, 0.717) is 49.0 Å². The molecule has 1 aliphatic rings. The average molecular weight is 446 g/mol. The molecule has 3 aromatic rings. The van der Waals surface area contributed by atoms with E-state index >= 15 is 0 Å². The molecule has 1 fully saturated rings. The van der Waals surface area contributed by atoms with Gasteiger partial charge in [0, 0.05) is 49.7 Å². The van der Waals surface area contributed by atoms with Crippen LogP contribution < -0.4 is 20.3 Å². The van der Waals surface area contributed by atoms with Crippen LogP contribution in [0.1, 0.15) is 25.3 Å². The van der Waals surface area contributed by atoms with Gasteiger partial charge in [-0.15, -0.1) is 0 Å². The topological polar surface area (TPSA) is 96.5 Å². The average Bonchev–Trinajstić information content (AvgIpc) is 2.80. The van der Waals surface area contributed by atoms with Gasteiger partial charge in [0.1, 0.15) is 5.75 Å². The van der Waals surface area contributed by atoms with Crippen molar-refractivity contribution in [3.8, 4) is 11.6 Å². The first-order valence-electron chi connectivity index (χ1n) is 11.0. The highest BCUT2D eigenvalue weighted by Crippen LogP contribution is 2.31. The summed E-state index contributed by atoms with van der Waals surface area (Å²) in [4.78, 5) is 34.9. The van der Waals surface area contributed by atoms with E-state index in [1.54, 1.807) is 36.7 Å². The summed E-state index contributed by atoms with van der Waals surface area (Å²) in [5.74, 6) is 1.65. The Morgan fingerprint density at radius 2 is 1.64 bits per heavy atom. The maximum absolute atomic E-state index is 12.8. The quantitative estimate of drug-likeness (QED) is 0.584. The van der Waals surface area contributed by atoms with Crippen molar-refractivity contribution in [2.75, 3.05) is 28.6 Å². The number of nitrogens with zero attached hydrogens (tertiary/aromatic N) is 3. The highest BCUT2D eigenvalue weighted by molar-refractivity contribution is 5.93. The second-order valence-corrected chi connectivity index (χ2v) is 8.11. The molecule has 8 nitrogen and oxygen atoms in total. The Bertz CT molecular complexity index is 1120. The number of benzene rings is 2. The van der Waals surface area contributed by atoms with E-state index in [1.807, 2.05) is 31.2 Å². The van der Waals surface area contributed by atoms with Crippen molar-refractivity contribution >= 4 is 29.0 Å². The number of aryl methyl sites for hydroxylation is 1. The van der Waals surface area contributed by atoms with Crippen LogP contribution in [0.25, 0.3) is 0 Å². The molecule has 0 radical (unpaired) electrons. The van der Waals surface area contributed by atoms with Gasteiger partial charge in [0.05, 0.1) is 0 Å². The predicted octanol–water partition coefficient (Wildman–Crippen LogP) is 4.39. The Morgan fingerprint density at radius 3 is 2.30 bits per heavy atom. The normalized spacial score (nSPS) is 13.9. The Hall–Kier alpha value is -3.94. The van der Waals surface area contributed by atoms with Gasteiger partial charge in [0.2, 0.25) is 11.8 Å². The molecule has 170 valence electrons. The van der Waals surface area contributed by atoms with E-state index in [4.69, 9.17) is 4.74 Å². The lowest BCUT2D eigenvalue weighted by Gasteiger charge is -2.32. The molecule has 33 heavy (non-hydrogen) atoms. The fourth-order valence-electron chi connectivity index (χ4n) is 3.84. The number of hydrogen-bond donors (Lipinski definition) is 2. The maximum atomic E-state index is 12.8. The second-order valence-electron chi connectivity index (χ2n) is 8.11. The molecule has 1 saturated heterocycles. The van der Waals surface area contributed by atoms with E-state index in [0.717, 1.165) is 11.3 Å². The predicted molar refractivity (Wildman–Crippen MR) is 128 cm³/mol. The van der Waals surface area contributed by atoms with Gasteiger partial charge in [0.25, 0.3) is 5.88 Å². The summed E-state index contributed by atoms with van der Waals surface area (Å²) in [6.45, 7) is 4.84. The molecule has 0 unspecified atom stereocenters. The molecule has 1 aliphatic heterocycles. The summed E-state index contributed by atoms with van der Waals surface area (Å²) >= 11 is 0. The van der Waals surface area contributed by atoms with E-state index in [1.165, 1.54) is 6.92 Å². The molecule has 0 bridgehead atoms. The van der Waals surface area contributed by atoms with Crippen LogP contribution in [0.2, 0.25) is 0 Å². The zero-order valence-electron chi connectivity index (χ0n) is 18.7. The van der Waals surface area contributed by atoms with Crippen molar-refractivity contribution in [2.45, 2.75) is 26.7 Å².